The van der Waals surface area contributed by atoms with Crippen LogP contribution in [0.4, 0.5) is 0 Å². The van der Waals surface area contributed by atoms with Crippen LogP contribution in [0, 0.1) is 0 Å². The van der Waals surface area contributed by atoms with Crippen molar-refractivity contribution in [1.82, 2.24) is 4.90 Å². The molecule has 1 saturated heterocycles. The standard InChI is InChI=1S/C10H18BrNO/c1-8-6-4-5-7-12(8)9(13)10(2,3)11/h8H,4-7H2,1-3H3. The van der Waals surface area contributed by atoms with E-state index in [4.69, 9.17) is 0 Å². The zero-order chi connectivity index (χ0) is 10.1. The Hall–Kier alpha value is -0.0500. The average molecular weight is 248 g/mol. The van der Waals surface area contributed by atoms with Gasteiger partial charge in [0.25, 0.3) is 0 Å². The minimum Gasteiger partial charge on any atom is -0.339 e. The van der Waals surface area contributed by atoms with Gasteiger partial charge in [-0.05, 0) is 40.0 Å². The van der Waals surface area contributed by atoms with Crippen molar-refractivity contribution in [3.63, 3.8) is 0 Å². The molecule has 0 aromatic rings. The highest BCUT2D eigenvalue weighted by molar-refractivity contribution is 9.10. The monoisotopic (exact) mass is 247 g/mol. The molecule has 0 N–H and O–H groups in total. The fourth-order valence-corrected chi connectivity index (χ4v) is 1.97. The number of carbonyl (C=O) groups is 1. The highest BCUT2D eigenvalue weighted by atomic mass is 79.9. The van der Waals surface area contributed by atoms with Crippen LogP contribution in [-0.2, 0) is 4.79 Å². The highest BCUT2D eigenvalue weighted by Crippen LogP contribution is 2.24. The Balaban J connectivity index is 2.64. The van der Waals surface area contributed by atoms with Crippen molar-refractivity contribution in [2.45, 2.75) is 50.4 Å². The van der Waals surface area contributed by atoms with Gasteiger partial charge in [0.1, 0.15) is 0 Å². The lowest BCUT2D eigenvalue weighted by atomic mass is 10.0. The van der Waals surface area contributed by atoms with Crippen LogP contribution in [0.1, 0.15) is 40.0 Å². The summed E-state index contributed by atoms with van der Waals surface area (Å²) in [6, 6.07) is 0.415. The first kappa shape index (κ1) is 11.0. The van der Waals surface area contributed by atoms with Gasteiger partial charge >= 0.3 is 0 Å². The molecule has 1 amide bonds. The van der Waals surface area contributed by atoms with Gasteiger partial charge in [-0.25, -0.2) is 0 Å². The predicted octanol–water partition coefficient (Wildman–Crippen LogP) is 2.56. The number of hydrogen-bond donors (Lipinski definition) is 0. The largest absolute Gasteiger partial charge is 0.339 e. The molecule has 3 heteroatoms. The number of amides is 1. The van der Waals surface area contributed by atoms with Gasteiger partial charge in [-0.3, -0.25) is 4.79 Å². The Morgan fingerprint density at radius 1 is 1.46 bits per heavy atom. The molecule has 0 aromatic carbocycles. The summed E-state index contributed by atoms with van der Waals surface area (Å²) in [6.07, 6.45) is 3.56. The van der Waals surface area contributed by atoms with Crippen LogP contribution in [-0.4, -0.2) is 27.7 Å². The maximum atomic E-state index is 11.9. The van der Waals surface area contributed by atoms with Crippen molar-refractivity contribution in [2.24, 2.45) is 0 Å². The average Bonchev–Trinajstić information content (AvgIpc) is 2.02. The molecule has 0 aromatic heterocycles. The van der Waals surface area contributed by atoms with Crippen LogP contribution in [0.25, 0.3) is 0 Å². The Labute approximate surface area is 88.8 Å². The molecule has 0 bridgehead atoms. The first-order valence-corrected chi connectivity index (χ1v) is 5.72. The number of nitrogens with zero attached hydrogens (tertiary/aromatic N) is 1. The van der Waals surface area contributed by atoms with Gasteiger partial charge in [0.15, 0.2) is 0 Å². The minimum absolute atomic E-state index is 0.222. The quantitative estimate of drug-likeness (QED) is 0.653. The highest BCUT2D eigenvalue weighted by Gasteiger charge is 2.32. The lowest BCUT2D eigenvalue weighted by Gasteiger charge is -2.36. The molecule has 1 atom stereocenters. The van der Waals surface area contributed by atoms with Crippen molar-refractivity contribution in [2.75, 3.05) is 6.54 Å². The molecular weight excluding hydrogens is 230 g/mol. The summed E-state index contributed by atoms with van der Waals surface area (Å²) in [5.74, 6) is 0.222. The molecule has 0 saturated carbocycles. The molecule has 1 heterocycles. The summed E-state index contributed by atoms with van der Waals surface area (Å²) >= 11 is 3.42. The molecule has 1 unspecified atom stereocenters. The van der Waals surface area contributed by atoms with E-state index in [1.54, 1.807) is 0 Å². The number of halogens is 1. The van der Waals surface area contributed by atoms with E-state index in [2.05, 4.69) is 22.9 Å². The summed E-state index contributed by atoms with van der Waals surface area (Å²) in [7, 11) is 0. The molecule has 1 rings (SSSR count). The smallest absolute Gasteiger partial charge is 0.239 e. The van der Waals surface area contributed by atoms with E-state index in [1.807, 2.05) is 18.7 Å². The lowest BCUT2D eigenvalue weighted by molar-refractivity contribution is -0.136. The molecule has 2 nitrogen and oxygen atoms in total. The van der Waals surface area contributed by atoms with Crippen LogP contribution in [0.2, 0.25) is 0 Å². The van der Waals surface area contributed by atoms with Gasteiger partial charge in [0.2, 0.25) is 5.91 Å². The van der Waals surface area contributed by atoms with Crippen molar-refractivity contribution in [3.8, 4) is 0 Å². The summed E-state index contributed by atoms with van der Waals surface area (Å²) in [4.78, 5) is 13.9. The fourth-order valence-electron chi connectivity index (χ4n) is 1.74. The van der Waals surface area contributed by atoms with E-state index >= 15 is 0 Å². The lowest BCUT2D eigenvalue weighted by Crippen LogP contribution is -2.48. The second-order valence-corrected chi connectivity index (χ2v) is 6.30. The molecule has 1 aliphatic rings. The number of alkyl halides is 1. The second-order valence-electron chi connectivity index (χ2n) is 4.32. The van der Waals surface area contributed by atoms with Crippen molar-refractivity contribution >= 4 is 21.8 Å². The van der Waals surface area contributed by atoms with Gasteiger partial charge in [-0.15, -0.1) is 0 Å². The van der Waals surface area contributed by atoms with Gasteiger partial charge in [-0.1, -0.05) is 15.9 Å². The van der Waals surface area contributed by atoms with Crippen LogP contribution in [0.15, 0.2) is 0 Å². The van der Waals surface area contributed by atoms with E-state index in [-0.39, 0.29) is 5.91 Å². The predicted molar refractivity (Wildman–Crippen MR) is 58.0 cm³/mol. The third-order valence-corrected chi connectivity index (χ3v) is 2.91. The molecule has 76 valence electrons. The zero-order valence-electron chi connectivity index (χ0n) is 8.64. The Morgan fingerprint density at radius 2 is 2.08 bits per heavy atom. The summed E-state index contributed by atoms with van der Waals surface area (Å²) in [5, 5.41) is 0. The first-order valence-electron chi connectivity index (χ1n) is 4.93. The number of carbonyl (C=O) groups excluding carboxylic acids is 1. The fraction of sp³-hybridized carbons (Fsp3) is 0.900. The topological polar surface area (TPSA) is 20.3 Å². The minimum atomic E-state index is -0.404. The molecule has 1 aliphatic heterocycles. The molecular formula is C10H18BrNO. The van der Waals surface area contributed by atoms with Crippen molar-refractivity contribution < 1.29 is 4.79 Å². The third-order valence-electron chi connectivity index (χ3n) is 2.57. The molecule has 0 aliphatic carbocycles. The molecule has 13 heavy (non-hydrogen) atoms. The van der Waals surface area contributed by atoms with Crippen LogP contribution in [0.5, 0.6) is 0 Å². The van der Waals surface area contributed by atoms with Crippen LogP contribution < -0.4 is 0 Å². The van der Waals surface area contributed by atoms with Gasteiger partial charge in [0, 0.05) is 12.6 Å². The van der Waals surface area contributed by atoms with E-state index < -0.39 is 4.32 Å². The van der Waals surface area contributed by atoms with E-state index in [1.165, 1.54) is 6.42 Å². The van der Waals surface area contributed by atoms with Crippen molar-refractivity contribution in [1.29, 1.82) is 0 Å². The van der Waals surface area contributed by atoms with Gasteiger partial charge < -0.3 is 4.90 Å². The second kappa shape index (κ2) is 3.99. The Bertz CT molecular complexity index is 198. The number of rotatable bonds is 1. The van der Waals surface area contributed by atoms with Gasteiger partial charge in [0.05, 0.1) is 4.32 Å². The summed E-state index contributed by atoms with van der Waals surface area (Å²) in [6.45, 7) is 6.89. The van der Waals surface area contributed by atoms with Crippen LogP contribution in [0.3, 0.4) is 0 Å². The summed E-state index contributed by atoms with van der Waals surface area (Å²) in [5.41, 5.74) is 0. The van der Waals surface area contributed by atoms with Gasteiger partial charge in [-0.2, -0.15) is 0 Å². The van der Waals surface area contributed by atoms with E-state index in [9.17, 15) is 4.79 Å². The van der Waals surface area contributed by atoms with Crippen molar-refractivity contribution in [3.05, 3.63) is 0 Å². The SMILES string of the molecule is CC1CCCCN1C(=O)C(C)(C)Br. The number of likely N-dealkylation sites (tertiary alicyclic amines) is 1. The third kappa shape index (κ3) is 2.70. The maximum absolute atomic E-state index is 11.9. The molecule has 0 spiro atoms. The maximum Gasteiger partial charge on any atom is 0.239 e. The zero-order valence-corrected chi connectivity index (χ0v) is 10.2. The number of piperidine rings is 1. The first-order chi connectivity index (χ1) is 5.93. The summed E-state index contributed by atoms with van der Waals surface area (Å²) < 4.78 is -0.404. The molecule has 0 radical (unpaired) electrons. The molecule has 1 fully saturated rings. The number of hydrogen-bond acceptors (Lipinski definition) is 1. The normalized spacial score (nSPS) is 24.6. The Morgan fingerprint density at radius 3 is 2.54 bits per heavy atom. The van der Waals surface area contributed by atoms with Crippen LogP contribution >= 0.6 is 15.9 Å². The van der Waals surface area contributed by atoms with E-state index in [0.717, 1.165) is 19.4 Å². The van der Waals surface area contributed by atoms with E-state index in [0.29, 0.717) is 6.04 Å². The Kier molecular flexibility index (Phi) is 3.38.